The van der Waals surface area contributed by atoms with Crippen molar-refractivity contribution in [1.82, 2.24) is 4.90 Å². The molecule has 3 amide bonds. The van der Waals surface area contributed by atoms with Crippen LogP contribution in [0.5, 0.6) is 0 Å². The summed E-state index contributed by atoms with van der Waals surface area (Å²) in [4.78, 5) is 51.3. The molecule has 0 radical (unpaired) electrons. The van der Waals surface area contributed by atoms with Gasteiger partial charge in [-0.05, 0) is 25.0 Å². The van der Waals surface area contributed by atoms with Gasteiger partial charge in [0.15, 0.2) is 0 Å². The minimum absolute atomic E-state index is 0.0358. The number of carbonyl (C=O) groups excluding carboxylic acids is 3. The van der Waals surface area contributed by atoms with Gasteiger partial charge in [-0.1, -0.05) is 18.2 Å². The fraction of sp³-hybridized carbons (Fsp3) is 0.474. The number of likely N-dealkylation sites (tertiary alicyclic amines) is 1. The number of carbonyl (C=O) groups is 4. The van der Waals surface area contributed by atoms with E-state index in [4.69, 9.17) is 9.84 Å². The fourth-order valence-electron chi connectivity index (χ4n) is 4.40. The second kappa shape index (κ2) is 6.77. The summed E-state index contributed by atoms with van der Waals surface area (Å²) in [6.45, 7) is -0.514. The number of amides is 3. The third kappa shape index (κ3) is 2.99. The van der Waals surface area contributed by atoms with Crippen LogP contribution in [0.2, 0.25) is 0 Å². The molecule has 8 nitrogen and oxygen atoms in total. The van der Waals surface area contributed by atoms with E-state index in [1.54, 1.807) is 30.3 Å². The van der Waals surface area contributed by atoms with Crippen LogP contribution in [-0.2, 0) is 23.9 Å². The lowest BCUT2D eigenvalue weighted by atomic mass is 9.81. The summed E-state index contributed by atoms with van der Waals surface area (Å²) in [6, 6.07) is 8.48. The van der Waals surface area contributed by atoms with Crippen LogP contribution in [0, 0.1) is 11.8 Å². The van der Waals surface area contributed by atoms with E-state index in [-0.39, 0.29) is 37.0 Å². The maximum atomic E-state index is 12.6. The lowest BCUT2D eigenvalue weighted by Crippen LogP contribution is -2.40. The Kier molecular flexibility index (Phi) is 4.43. The normalized spacial score (nSPS) is 28.5. The van der Waals surface area contributed by atoms with Crippen LogP contribution in [-0.4, -0.2) is 59.0 Å². The molecule has 27 heavy (non-hydrogen) atoms. The van der Waals surface area contributed by atoms with E-state index in [0.29, 0.717) is 5.69 Å². The summed E-state index contributed by atoms with van der Waals surface area (Å²) >= 11 is 0. The first-order valence-electron chi connectivity index (χ1n) is 9.05. The summed E-state index contributed by atoms with van der Waals surface area (Å²) in [6.07, 6.45) is 1.08. The Labute approximate surface area is 155 Å². The van der Waals surface area contributed by atoms with Gasteiger partial charge in [0.1, 0.15) is 6.54 Å². The van der Waals surface area contributed by atoms with E-state index >= 15 is 0 Å². The molecular weight excluding hydrogens is 352 g/mol. The zero-order chi connectivity index (χ0) is 19.1. The predicted octanol–water partition coefficient (Wildman–Crippen LogP) is 0.657. The first-order chi connectivity index (χ1) is 13.0. The molecule has 1 N–H and O–H groups in total. The molecule has 142 valence electrons. The number of carboxylic acids is 1. The monoisotopic (exact) mass is 372 g/mol. The van der Waals surface area contributed by atoms with Crippen molar-refractivity contribution in [3.63, 3.8) is 0 Å². The molecular formula is C19H20N2O6. The lowest BCUT2D eigenvalue weighted by molar-refractivity contribution is -0.143. The van der Waals surface area contributed by atoms with Gasteiger partial charge in [-0.3, -0.25) is 24.1 Å². The van der Waals surface area contributed by atoms with E-state index in [1.807, 2.05) is 0 Å². The molecule has 4 unspecified atom stereocenters. The highest BCUT2D eigenvalue weighted by atomic mass is 16.5. The average Bonchev–Trinajstić information content (AvgIpc) is 3.33. The van der Waals surface area contributed by atoms with E-state index in [2.05, 4.69) is 0 Å². The number of fused-ring (bicyclic) bond motifs is 5. The Hall–Kier alpha value is -2.74. The second-order valence-electron chi connectivity index (χ2n) is 7.13. The van der Waals surface area contributed by atoms with Crippen LogP contribution in [0.15, 0.2) is 30.3 Å². The number of imide groups is 1. The quantitative estimate of drug-likeness (QED) is 0.736. The molecule has 3 fully saturated rings. The molecule has 1 aromatic carbocycles. The largest absolute Gasteiger partial charge is 0.480 e. The first-order valence-corrected chi connectivity index (χ1v) is 9.05. The number of anilines is 1. The molecule has 3 aliphatic heterocycles. The van der Waals surface area contributed by atoms with Gasteiger partial charge < -0.3 is 14.7 Å². The van der Waals surface area contributed by atoms with Crippen LogP contribution in [0.1, 0.15) is 19.3 Å². The van der Waals surface area contributed by atoms with Crippen molar-refractivity contribution < 1.29 is 29.0 Å². The molecule has 0 spiro atoms. The number of para-hydroxylation sites is 1. The van der Waals surface area contributed by atoms with Gasteiger partial charge in [-0.25, -0.2) is 0 Å². The molecule has 4 rings (SSSR count). The Morgan fingerprint density at radius 3 is 2.22 bits per heavy atom. The van der Waals surface area contributed by atoms with Crippen LogP contribution in [0.3, 0.4) is 0 Å². The van der Waals surface area contributed by atoms with Crippen LogP contribution in [0.25, 0.3) is 0 Å². The third-order valence-corrected chi connectivity index (χ3v) is 5.59. The van der Waals surface area contributed by atoms with Gasteiger partial charge in [-0.15, -0.1) is 0 Å². The predicted molar refractivity (Wildman–Crippen MR) is 92.6 cm³/mol. The highest BCUT2D eigenvalue weighted by Crippen LogP contribution is 2.48. The van der Waals surface area contributed by atoms with Gasteiger partial charge >= 0.3 is 5.97 Å². The van der Waals surface area contributed by atoms with Gasteiger partial charge in [0.2, 0.25) is 17.7 Å². The molecule has 0 aliphatic carbocycles. The van der Waals surface area contributed by atoms with Gasteiger partial charge in [0.05, 0.1) is 24.0 Å². The van der Waals surface area contributed by atoms with Gasteiger partial charge in [-0.2, -0.15) is 0 Å². The lowest BCUT2D eigenvalue weighted by Gasteiger charge is -2.23. The molecule has 8 heteroatoms. The number of ether oxygens (including phenoxy) is 1. The molecule has 0 saturated carbocycles. The Morgan fingerprint density at radius 2 is 1.67 bits per heavy atom. The van der Waals surface area contributed by atoms with Crippen molar-refractivity contribution in [1.29, 1.82) is 0 Å². The smallest absolute Gasteiger partial charge is 0.323 e. The highest BCUT2D eigenvalue weighted by Gasteiger charge is 2.62. The fourth-order valence-corrected chi connectivity index (χ4v) is 4.40. The number of carboxylic acid groups (broad SMARTS) is 1. The molecule has 0 aromatic heterocycles. The Balaban J connectivity index is 1.44. The zero-order valence-electron chi connectivity index (χ0n) is 14.6. The zero-order valence-corrected chi connectivity index (χ0v) is 14.6. The Morgan fingerprint density at radius 1 is 1.07 bits per heavy atom. The maximum Gasteiger partial charge on any atom is 0.323 e. The van der Waals surface area contributed by atoms with Crippen molar-refractivity contribution in [2.45, 2.75) is 31.5 Å². The minimum atomic E-state index is -1.14. The van der Waals surface area contributed by atoms with Gasteiger partial charge in [0.25, 0.3) is 0 Å². The van der Waals surface area contributed by atoms with E-state index in [9.17, 15) is 19.2 Å². The van der Waals surface area contributed by atoms with Crippen molar-refractivity contribution in [3.05, 3.63) is 30.3 Å². The standard InChI is InChI=1S/C19H20N2O6/c22-14(21(10-15(23)24)11-4-2-1-3-5-11)8-9-20-18(25)16-12-6-7-13(27-12)17(16)19(20)26/h1-5,12-13,16-17H,6-10H2,(H,23,24). The van der Waals surface area contributed by atoms with Crippen molar-refractivity contribution >= 4 is 29.4 Å². The number of nitrogens with zero attached hydrogens (tertiary/aromatic N) is 2. The van der Waals surface area contributed by atoms with Crippen molar-refractivity contribution in [3.8, 4) is 0 Å². The average molecular weight is 372 g/mol. The van der Waals surface area contributed by atoms with Crippen molar-refractivity contribution in [2.24, 2.45) is 11.8 Å². The summed E-state index contributed by atoms with van der Waals surface area (Å²) in [7, 11) is 0. The summed E-state index contributed by atoms with van der Waals surface area (Å²) in [5.74, 6) is -2.96. The summed E-state index contributed by atoms with van der Waals surface area (Å²) < 4.78 is 5.69. The molecule has 3 heterocycles. The molecule has 3 saturated heterocycles. The second-order valence-corrected chi connectivity index (χ2v) is 7.13. The molecule has 2 bridgehead atoms. The van der Waals surface area contributed by atoms with Crippen molar-refractivity contribution in [2.75, 3.05) is 18.0 Å². The van der Waals surface area contributed by atoms with Crippen LogP contribution in [0.4, 0.5) is 5.69 Å². The summed E-state index contributed by atoms with van der Waals surface area (Å²) in [5, 5.41) is 9.11. The van der Waals surface area contributed by atoms with Crippen LogP contribution < -0.4 is 4.90 Å². The number of hydrogen-bond donors (Lipinski definition) is 1. The maximum absolute atomic E-state index is 12.6. The molecule has 1 aromatic rings. The number of aliphatic carboxylic acids is 1. The third-order valence-electron chi connectivity index (χ3n) is 5.59. The molecule has 4 atom stereocenters. The first kappa shape index (κ1) is 17.7. The van der Waals surface area contributed by atoms with E-state index < -0.39 is 30.3 Å². The summed E-state index contributed by atoms with van der Waals surface area (Å²) in [5.41, 5.74) is 0.465. The number of hydrogen-bond acceptors (Lipinski definition) is 5. The van der Waals surface area contributed by atoms with Gasteiger partial charge in [0, 0.05) is 18.7 Å². The van der Waals surface area contributed by atoms with E-state index in [0.717, 1.165) is 22.6 Å². The number of rotatable bonds is 6. The Bertz CT molecular complexity index is 767. The van der Waals surface area contributed by atoms with Crippen LogP contribution >= 0.6 is 0 Å². The number of benzene rings is 1. The highest BCUT2D eigenvalue weighted by molar-refractivity contribution is 6.07. The van der Waals surface area contributed by atoms with E-state index in [1.165, 1.54) is 0 Å². The minimum Gasteiger partial charge on any atom is -0.480 e. The SMILES string of the molecule is O=C(O)CN(C(=O)CCN1C(=O)C2C3CCC(O3)C2C1=O)c1ccccc1. The molecule has 3 aliphatic rings. The topological polar surface area (TPSA) is 104 Å².